The number of pyridine rings is 1. The number of likely N-dealkylation sites (tertiary alicyclic amines) is 1. The van der Waals surface area contributed by atoms with Crippen molar-refractivity contribution < 1.29 is 9.90 Å². The summed E-state index contributed by atoms with van der Waals surface area (Å²) in [5, 5.41) is 7.56. The van der Waals surface area contributed by atoms with Crippen LogP contribution in [0.3, 0.4) is 0 Å². The molecule has 1 atom stereocenters. The van der Waals surface area contributed by atoms with E-state index in [9.17, 15) is 0 Å². The van der Waals surface area contributed by atoms with Crippen molar-refractivity contribution in [3.63, 3.8) is 0 Å². The van der Waals surface area contributed by atoms with E-state index in [1.165, 1.54) is 38.9 Å². The Kier molecular flexibility index (Phi) is 7.46. The van der Waals surface area contributed by atoms with Crippen molar-refractivity contribution in [2.45, 2.75) is 39.2 Å². The number of hydrogen-bond acceptors (Lipinski definition) is 7. The van der Waals surface area contributed by atoms with Crippen molar-refractivity contribution in [2.24, 2.45) is 5.41 Å². The summed E-state index contributed by atoms with van der Waals surface area (Å²) in [4.78, 5) is 29.6. The monoisotopic (exact) mass is 472 g/mol. The Morgan fingerprint density at radius 2 is 1.97 bits per heavy atom. The van der Waals surface area contributed by atoms with Gasteiger partial charge in [0.15, 0.2) is 0 Å². The number of halogens is 1. The first kappa shape index (κ1) is 23.9. The van der Waals surface area contributed by atoms with Crippen LogP contribution in [0.1, 0.15) is 32.0 Å². The summed E-state index contributed by atoms with van der Waals surface area (Å²) in [6.45, 7) is 12.0. The summed E-state index contributed by atoms with van der Waals surface area (Å²) in [6, 6.07) is 4.72. The van der Waals surface area contributed by atoms with Crippen molar-refractivity contribution in [2.75, 3.05) is 50.7 Å². The van der Waals surface area contributed by atoms with E-state index in [0.717, 1.165) is 55.1 Å². The fraction of sp³-hybridized carbons (Fsp3) is 0.583. The van der Waals surface area contributed by atoms with Crippen molar-refractivity contribution in [3.05, 3.63) is 35.4 Å². The maximum atomic E-state index is 8.36. The number of nitrogens with zero attached hydrogens (tertiary/aromatic N) is 6. The van der Waals surface area contributed by atoms with Crippen LogP contribution in [0.15, 0.2) is 24.5 Å². The largest absolute Gasteiger partial charge is 0.483 e. The Bertz CT molecular complexity index is 960. The van der Waals surface area contributed by atoms with Crippen LogP contribution in [-0.2, 0) is 4.79 Å². The molecule has 1 unspecified atom stereocenters. The number of anilines is 1. The molecule has 3 fully saturated rings. The predicted molar refractivity (Wildman–Crippen MR) is 130 cm³/mol. The van der Waals surface area contributed by atoms with Crippen LogP contribution in [0.25, 0.3) is 11.4 Å². The topological polar surface area (TPSA) is 85.7 Å². The highest BCUT2D eigenvalue weighted by Crippen LogP contribution is 2.47. The molecule has 8 nitrogen and oxygen atoms in total. The van der Waals surface area contributed by atoms with E-state index in [1.807, 2.05) is 19.1 Å². The van der Waals surface area contributed by atoms with E-state index >= 15 is 0 Å². The molecule has 33 heavy (non-hydrogen) atoms. The molecular formula is C24H33ClN6O2. The minimum atomic E-state index is -0.250. The predicted octanol–water partition coefficient (Wildman–Crippen LogP) is 3.20. The number of aryl methyl sites for hydroxylation is 1. The molecule has 0 bridgehead atoms. The molecule has 9 heteroatoms. The van der Waals surface area contributed by atoms with Crippen LogP contribution in [-0.4, -0.2) is 88.2 Å². The highest BCUT2D eigenvalue weighted by molar-refractivity contribution is 6.30. The van der Waals surface area contributed by atoms with Gasteiger partial charge in [0.1, 0.15) is 11.5 Å². The van der Waals surface area contributed by atoms with Gasteiger partial charge in [-0.1, -0.05) is 18.5 Å². The van der Waals surface area contributed by atoms with E-state index in [2.05, 4.69) is 36.6 Å². The molecule has 178 valence electrons. The third-order valence-corrected chi connectivity index (χ3v) is 7.47. The quantitative estimate of drug-likeness (QED) is 0.679. The third-order valence-electron chi connectivity index (χ3n) is 7.27. The van der Waals surface area contributed by atoms with Crippen LogP contribution in [0, 0.1) is 12.3 Å². The molecule has 0 aromatic carbocycles. The summed E-state index contributed by atoms with van der Waals surface area (Å²) >= 11 is 6.33. The molecule has 1 spiro atoms. The average Bonchev–Trinajstić information content (AvgIpc) is 3.24. The van der Waals surface area contributed by atoms with Crippen molar-refractivity contribution in [1.82, 2.24) is 24.8 Å². The SMILES string of the molecule is CCN1CC2(CCC(N3CCN(c4cc(Cl)cnc4-c4ccnc(C)n4)CC3)C2)C1.O=CO. The van der Waals surface area contributed by atoms with Gasteiger partial charge < -0.3 is 14.9 Å². The molecule has 0 amide bonds. The highest BCUT2D eigenvalue weighted by Gasteiger charge is 2.48. The maximum Gasteiger partial charge on any atom is 0.290 e. The second-order valence-corrected chi connectivity index (χ2v) is 9.78. The molecule has 1 N–H and O–H groups in total. The number of piperazine rings is 1. The standard InChI is InChI=1S/C23H31ClN6.CH2O2/c1-3-28-15-23(16-28)6-4-19(13-23)29-8-10-30(11-9-29)21-12-18(24)14-26-22(21)20-5-7-25-17(2)27-20;2-1-3/h5,7,12,14,19H,3-4,6,8-11,13,15-16H2,1-2H3;1H,(H,2,3). The molecule has 1 saturated carbocycles. The van der Waals surface area contributed by atoms with Crippen molar-refractivity contribution in [1.29, 1.82) is 0 Å². The number of carboxylic acid groups (broad SMARTS) is 1. The number of carbonyl (C=O) groups is 1. The molecule has 2 aromatic rings. The van der Waals surface area contributed by atoms with Gasteiger partial charge in [-0.3, -0.25) is 14.7 Å². The Hall–Kier alpha value is -2.29. The van der Waals surface area contributed by atoms with Gasteiger partial charge in [-0.25, -0.2) is 9.97 Å². The molecule has 2 saturated heterocycles. The Balaban J connectivity index is 0.000000821. The normalized spacial score (nSPS) is 22.5. The smallest absolute Gasteiger partial charge is 0.290 e. The van der Waals surface area contributed by atoms with E-state index in [1.54, 1.807) is 12.4 Å². The summed E-state index contributed by atoms with van der Waals surface area (Å²) < 4.78 is 0. The molecule has 1 aliphatic carbocycles. The summed E-state index contributed by atoms with van der Waals surface area (Å²) in [6.07, 6.45) is 7.66. The lowest BCUT2D eigenvalue weighted by atomic mass is 9.78. The fourth-order valence-corrected chi connectivity index (χ4v) is 5.84. The van der Waals surface area contributed by atoms with Crippen LogP contribution in [0.5, 0.6) is 0 Å². The van der Waals surface area contributed by atoms with E-state index in [4.69, 9.17) is 21.5 Å². The Morgan fingerprint density at radius 1 is 1.24 bits per heavy atom. The molecule has 2 aromatic heterocycles. The van der Waals surface area contributed by atoms with Gasteiger partial charge in [0.2, 0.25) is 0 Å². The number of rotatable bonds is 4. The second kappa shape index (κ2) is 10.3. The molecule has 3 aliphatic rings. The summed E-state index contributed by atoms with van der Waals surface area (Å²) in [5.74, 6) is 0.757. The van der Waals surface area contributed by atoms with E-state index in [0.29, 0.717) is 10.4 Å². The maximum absolute atomic E-state index is 8.36. The molecular weight excluding hydrogens is 440 g/mol. The zero-order chi connectivity index (χ0) is 23.4. The van der Waals surface area contributed by atoms with Gasteiger partial charge >= 0.3 is 0 Å². The lowest BCUT2D eigenvalue weighted by Gasteiger charge is -2.49. The minimum absolute atomic E-state index is 0.250. The van der Waals surface area contributed by atoms with Gasteiger partial charge in [-0.05, 0) is 50.3 Å². The first-order valence-electron chi connectivity index (χ1n) is 11.7. The lowest BCUT2D eigenvalue weighted by Crippen LogP contribution is -2.56. The van der Waals surface area contributed by atoms with Gasteiger partial charge in [0.05, 0.1) is 16.4 Å². The van der Waals surface area contributed by atoms with E-state index in [-0.39, 0.29) is 6.47 Å². The first-order chi connectivity index (χ1) is 16.0. The van der Waals surface area contributed by atoms with E-state index < -0.39 is 0 Å². The molecule has 4 heterocycles. The van der Waals surface area contributed by atoms with Crippen LogP contribution >= 0.6 is 11.6 Å². The lowest BCUT2D eigenvalue weighted by molar-refractivity contribution is -0.122. The molecule has 0 radical (unpaired) electrons. The second-order valence-electron chi connectivity index (χ2n) is 9.34. The highest BCUT2D eigenvalue weighted by atomic mass is 35.5. The summed E-state index contributed by atoms with van der Waals surface area (Å²) in [5.41, 5.74) is 3.46. The summed E-state index contributed by atoms with van der Waals surface area (Å²) in [7, 11) is 0. The van der Waals surface area contributed by atoms with Crippen LogP contribution < -0.4 is 4.90 Å². The number of hydrogen-bond donors (Lipinski definition) is 1. The zero-order valence-electron chi connectivity index (χ0n) is 19.5. The Labute approximate surface area is 200 Å². The molecule has 5 rings (SSSR count). The minimum Gasteiger partial charge on any atom is -0.483 e. The van der Waals surface area contributed by atoms with Gasteiger partial charge in [-0.2, -0.15) is 0 Å². The van der Waals surface area contributed by atoms with Crippen molar-refractivity contribution >= 4 is 23.8 Å². The Morgan fingerprint density at radius 3 is 2.64 bits per heavy atom. The van der Waals surface area contributed by atoms with Crippen LogP contribution in [0.2, 0.25) is 5.02 Å². The first-order valence-corrected chi connectivity index (χ1v) is 12.1. The molecule has 2 aliphatic heterocycles. The van der Waals surface area contributed by atoms with Crippen LogP contribution in [0.4, 0.5) is 5.69 Å². The van der Waals surface area contributed by atoms with Gasteiger partial charge in [0.25, 0.3) is 6.47 Å². The van der Waals surface area contributed by atoms with Gasteiger partial charge in [-0.15, -0.1) is 0 Å². The fourth-order valence-electron chi connectivity index (χ4n) is 5.68. The number of aromatic nitrogens is 3. The van der Waals surface area contributed by atoms with Gasteiger partial charge in [0, 0.05) is 57.7 Å². The third kappa shape index (κ3) is 5.28. The average molecular weight is 473 g/mol. The van der Waals surface area contributed by atoms with Crippen molar-refractivity contribution in [3.8, 4) is 11.4 Å². The zero-order valence-corrected chi connectivity index (χ0v) is 20.2.